The van der Waals surface area contributed by atoms with Gasteiger partial charge in [0.25, 0.3) is 5.91 Å². The molecule has 2 aliphatic heterocycles. The highest BCUT2D eigenvalue weighted by Gasteiger charge is 2.58. The van der Waals surface area contributed by atoms with Gasteiger partial charge in [-0.15, -0.1) is 0 Å². The first-order valence-electron chi connectivity index (χ1n) is 10.2. The van der Waals surface area contributed by atoms with Crippen LogP contribution in [-0.2, 0) is 25.7 Å². The molecule has 32 heavy (non-hydrogen) atoms. The summed E-state index contributed by atoms with van der Waals surface area (Å²) in [7, 11) is 3.09. The van der Waals surface area contributed by atoms with E-state index in [9.17, 15) is 14.4 Å². The van der Waals surface area contributed by atoms with Crippen LogP contribution in [0.1, 0.15) is 25.3 Å². The van der Waals surface area contributed by atoms with E-state index >= 15 is 0 Å². The van der Waals surface area contributed by atoms with E-state index < -0.39 is 22.9 Å². The van der Waals surface area contributed by atoms with Crippen molar-refractivity contribution in [3.63, 3.8) is 0 Å². The predicted octanol–water partition coefficient (Wildman–Crippen LogP) is 2.88. The highest BCUT2D eigenvalue weighted by atomic mass is 32.2. The molecule has 0 unspecified atom stereocenters. The Bertz CT molecular complexity index is 1070. The van der Waals surface area contributed by atoms with E-state index in [0.717, 1.165) is 10.5 Å². The minimum absolute atomic E-state index is 0.120. The van der Waals surface area contributed by atoms with Crippen molar-refractivity contribution >= 4 is 35.2 Å². The summed E-state index contributed by atoms with van der Waals surface area (Å²) < 4.78 is 16.0. The van der Waals surface area contributed by atoms with Crippen molar-refractivity contribution < 1.29 is 28.6 Å². The van der Waals surface area contributed by atoms with Crippen molar-refractivity contribution in [1.82, 2.24) is 5.32 Å². The van der Waals surface area contributed by atoms with E-state index in [1.807, 2.05) is 30.3 Å². The molecule has 2 atom stereocenters. The standard InChI is InChI=1S/C23H24N2O6S/c1-14(21(27)24-13-15-8-9-17(29-2)18(12-15)30-3)31-22(28)23-11-10-20(26)25(23)16-6-4-5-7-19(16)32-23/h4-9,12,14H,10-11,13H2,1-3H3,(H,24,27)/t14-,23-/m0/s1. The third-order valence-electron chi connectivity index (χ3n) is 5.56. The van der Waals surface area contributed by atoms with Crippen LogP contribution in [0.3, 0.4) is 0 Å². The number of esters is 1. The first kappa shape index (κ1) is 22.0. The lowest BCUT2D eigenvalue weighted by molar-refractivity contribution is -0.157. The first-order chi connectivity index (χ1) is 15.4. The smallest absolute Gasteiger partial charge is 0.344 e. The zero-order valence-electron chi connectivity index (χ0n) is 18.0. The fourth-order valence-corrected chi connectivity index (χ4v) is 5.30. The van der Waals surface area contributed by atoms with E-state index in [1.165, 1.54) is 30.7 Å². The maximum absolute atomic E-state index is 13.2. The van der Waals surface area contributed by atoms with Crippen LogP contribution in [0.5, 0.6) is 11.5 Å². The lowest BCUT2D eigenvalue weighted by Crippen LogP contribution is -2.50. The molecular formula is C23H24N2O6S. The Balaban J connectivity index is 1.41. The summed E-state index contributed by atoms with van der Waals surface area (Å²) in [5.74, 6) is 0.0145. The van der Waals surface area contributed by atoms with E-state index in [-0.39, 0.29) is 18.9 Å². The maximum atomic E-state index is 13.2. The summed E-state index contributed by atoms with van der Waals surface area (Å²) in [5, 5.41) is 2.77. The average molecular weight is 457 g/mol. The fraction of sp³-hybridized carbons (Fsp3) is 0.348. The second-order valence-electron chi connectivity index (χ2n) is 7.54. The Hall–Kier alpha value is -3.20. The number of carbonyl (C=O) groups is 3. The third kappa shape index (κ3) is 3.77. The van der Waals surface area contributed by atoms with Crippen molar-refractivity contribution in [3.8, 4) is 11.5 Å². The minimum Gasteiger partial charge on any atom is -0.493 e. The zero-order valence-corrected chi connectivity index (χ0v) is 18.9. The lowest BCUT2D eigenvalue weighted by Gasteiger charge is -2.29. The van der Waals surface area contributed by atoms with Crippen molar-refractivity contribution in [1.29, 1.82) is 0 Å². The first-order valence-corrected chi connectivity index (χ1v) is 11.0. The average Bonchev–Trinajstić information content (AvgIpc) is 3.32. The van der Waals surface area contributed by atoms with Gasteiger partial charge in [0.1, 0.15) is 0 Å². The summed E-state index contributed by atoms with van der Waals surface area (Å²) in [6.07, 6.45) is -0.417. The molecule has 168 valence electrons. The van der Waals surface area contributed by atoms with Crippen molar-refractivity contribution in [2.24, 2.45) is 0 Å². The van der Waals surface area contributed by atoms with Crippen molar-refractivity contribution in [2.45, 2.75) is 42.2 Å². The van der Waals surface area contributed by atoms with Crippen LogP contribution in [0.25, 0.3) is 0 Å². The number of anilines is 1. The van der Waals surface area contributed by atoms with Gasteiger partial charge in [-0.25, -0.2) is 4.79 Å². The van der Waals surface area contributed by atoms with Gasteiger partial charge < -0.3 is 19.5 Å². The third-order valence-corrected chi connectivity index (χ3v) is 7.02. The van der Waals surface area contributed by atoms with E-state index in [2.05, 4.69) is 5.32 Å². The number of rotatable bonds is 7. The van der Waals surface area contributed by atoms with Crippen LogP contribution in [-0.4, -0.2) is 43.0 Å². The summed E-state index contributed by atoms with van der Waals surface area (Å²) >= 11 is 1.31. The Labute approximate surface area is 190 Å². The quantitative estimate of drug-likeness (QED) is 0.640. The molecule has 0 radical (unpaired) electrons. The molecule has 8 nitrogen and oxygen atoms in total. The molecule has 9 heteroatoms. The molecule has 1 N–H and O–H groups in total. The van der Waals surface area contributed by atoms with Gasteiger partial charge in [0.2, 0.25) is 5.91 Å². The number of hydrogen-bond acceptors (Lipinski definition) is 7. The van der Waals surface area contributed by atoms with Gasteiger partial charge in [-0.3, -0.25) is 14.5 Å². The number of para-hydroxylation sites is 1. The second kappa shape index (κ2) is 8.74. The molecule has 2 aromatic rings. The summed E-state index contributed by atoms with van der Waals surface area (Å²) in [6, 6.07) is 12.7. The molecule has 2 aliphatic rings. The number of hydrogen-bond donors (Lipinski definition) is 1. The number of carbonyl (C=O) groups excluding carboxylic acids is 3. The van der Waals surface area contributed by atoms with Crippen LogP contribution in [0.15, 0.2) is 47.4 Å². The molecule has 2 amide bonds. The maximum Gasteiger partial charge on any atom is 0.344 e. The Kier molecular flexibility index (Phi) is 6.01. The van der Waals surface area contributed by atoms with Crippen LogP contribution in [0.2, 0.25) is 0 Å². The van der Waals surface area contributed by atoms with Crippen LogP contribution in [0, 0.1) is 0 Å². The van der Waals surface area contributed by atoms with Crippen molar-refractivity contribution in [2.75, 3.05) is 19.1 Å². The number of nitrogens with zero attached hydrogens (tertiary/aromatic N) is 1. The Morgan fingerprint density at radius 2 is 1.91 bits per heavy atom. The minimum atomic E-state index is -1.15. The van der Waals surface area contributed by atoms with Gasteiger partial charge in [-0.2, -0.15) is 0 Å². The molecule has 1 saturated heterocycles. The van der Waals surface area contributed by atoms with Gasteiger partial charge in [0.15, 0.2) is 22.5 Å². The normalized spacial score (nSPS) is 19.7. The fourth-order valence-electron chi connectivity index (χ4n) is 3.90. The number of ether oxygens (including phenoxy) is 3. The molecule has 1 fully saturated rings. The monoisotopic (exact) mass is 456 g/mol. The van der Waals surface area contributed by atoms with E-state index in [0.29, 0.717) is 23.6 Å². The number of benzene rings is 2. The number of fused-ring (bicyclic) bond motifs is 3. The Morgan fingerprint density at radius 3 is 2.66 bits per heavy atom. The molecule has 2 aromatic carbocycles. The van der Waals surface area contributed by atoms with Gasteiger partial charge in [0.05, 0.1) is 19.9 Å². The molecule has 4 rings (SSSR count). The van der Waals surface area contributed by atoms with Gasteiger partial charge in [-0.05, 0) is 36.8 Å². The highest BCUT2D eigenvalue weighted by Crippen LogP contribution is 2.56. The molecule has 0 bridgehead atoms. The number of amides is 2. The molecule has 0 aliphatic carbocycles. The Morgan fingerprint density at radius 1 is 1.16 bits per heavy atom. The number of thioether (sulfide) groups is 1. The van der Waals surface area contributed by atoms with Crippen LogP contribution >= 0.6 is 11.8 Å². The molecule has 0 aromatic heterocycles. The van der Waals surface area contributed by atoms with Crippen LogP contribution < -0.4 is 19.7 Å². The topological polar surface area (TPSA) is 94.2 Å². The van der Waals surface area contributed by atoms with Crippen molar-refractivity contribution in [3.05, 3.63) is 48.0 Å². The molecular weight excluding hydrogens is 432 g/mol. The largest absolute Gasteiger partial charge is 0.493 e. The summed E-state index contributed by atoms with van der Waals surface area (Å²) in [5.41, 5.74) is 1.52. The summed E-state index contributed by atoms with van der Waals surface area (Å²) in [4.78, 5) is 39.5. The molecule has 0 saturated carbocycles. The zero-order chi connectivity index (χ0) is 22.9. The molecule has 2 heterocycles. The lowest BCUT2D eigenvalue weighted by atomic mass is 10.2. The summed E-state index contributed by atoms with van der Waals surface area (Å²) in [6.45, 7) is 1.75. The SMILES string of the molecule is COc1ccc(CNC(=O)[C@H](C)OC(=O)[C@@]23CCC(=O)N2c2ccccc2S3)cc1OC. The van der Waals surface area contributed by atoms with Gasteiger partial charge >= 0.3 is 5.97 Å². The van der Waals surface area contributed by atoms with Crippen LogP contribution in [0.4, 0.5) is 5.69 Å². The number of nitrogens with one attached hydrogen (secondary N) is 1. The number of methoxy groups -OCH3 is 2. The van der Waals surface area contributed by atoms with E-state index in [1.54, 1.807) is 19.2 Å². The second-order valence-corrected chi connectivity index (χ2v) is 8.86. The van der Waals surface area contributed by atoms with Gasteiger partial charge in [-0.1, -0.05) is 30.0 Å². The molecule has 0 spiro atoms. The van der Waals surface area contributed by atoms with Gasteiger partial charge in [0, 0.05) is 24.3 Å². The predicted molar refractivity (Wildman–Crippen MR) is 119 cm³/mol. The highest BCUT2D eigenvalue weighted by molar-refractivity contribution is 8.02. The van der Waals surface area contributed by atoms with E-state index in [4.69, 9.17) is 14.2 Å².